The van der Waals surface area contributed by atoms with Gasteiger partial charge >= 0.3 is 0 Å². The minimum atomic E-state index is -3.71. The maximum absolute atomic E-state index is 13.4. The van der Waals surface area contributed by atoms with Crippen LogP contribution in [0.5, 0.6) is 0 Å². The number of benzene rings is 3. The van der Waals surface area contributed by atoms with E-state index in [2.05, 4.69) is 15.5 Å². The van der Waals surface area contributed by atoms with Gasteiger partial charge in [0.15, 0.2) is 0 Å². The van der Waals surface area contributed by atoms with Crippen molar-refractivity contribution in [3.63, 3.8) is 0 Å². The highest BCUT2D eigenvalue weighted by atomic mass is 32.2. The number of hydrogen-bond acceptors (Lipinski definition) is 7. The molecule has 11 heteroatoms. The molecule has 1 amide bonds. The number of carbonyl (C=O) groups is 1. The molecule has 4 aromatic rings. The summed E-state index contributed by atoms with van der Waals surface area (Å²) in [4.78, 5) is 13.4. The van der Waals surface area contributed by atoms with E-state index in [4.69, 9.17) is 10.2 Å². The summed E-state index contributed by atoms with van der Waals surface area (Å²) >= 11 is 0. The van der Waals surface area contributed by atoms with Crippen molar-refractivity contribution in [2.75, 3.05) is 11.4 Å². The zero-order valence-corrected chi connectivity index (χ0v) is 24.4. The summed E-state index contributed by atoms with van der Waals surface area (Å²) in [5.74, 6) is -0.563. The molecule has 0 aliphatic rings. The van der Waals surface area contributed by atoms with Crippen LogP contribution in [0.3, 0.4) is 0 Å². The molecule has 2 unspecified atom stereocenters. The smallest absolute Gasteiger partial charge is 0.251 e. The molecule has 1 heterocycles. The first-order valence-corrected chi connectivity index (χ1v) is 14.6. The normalized spacial score (nSPS) is 14.0. The molecule has 0 saturated heterocycles. The van der Waals surface area contributed by atoms with Gasteiger partial charge in [-0.05, 0) is 75.6 Å². The fourth-order valence-corrected chi connectivity index (χ4v) is 5.32. The maximum atomic E-state index is 13.4. The van der Waals surface area contributed by atoms with Gasteiger partial charge in [0, 0.05) is 18.2 Å². The van der Waals surface area contributed by atoms with Gasteiger partial charge in [-0.1, -0.05) is 42.5 Å². The van der Waals surface area contributed by atoms with Crippen molar-refractivity contribution in [2.45, 2.75) is 50.9 Å². The molecule has 3 aromatic carbocycles. The lowest BCUT2D eigenvalue weighted by atomic mass is 9.94. The van der Waals surface area contributed by atoms with Crippen LogP contribution < -0.4 is 15.4 Å². The number of hydrogen-bond donors (Lipinski definition) is 2. The Hall–Kier alpha value is -4.09. The van der Waals surface area contributed by atoms with Gasteiger partial charge in [0.25, 0.3) is 5.91 Å². The van der Waals surface area contributed by atoms with Crippen LogP contribution in [0.4, 0.5) is 10.1 Å². The Kier molecular flexibility index (Phi) is 8.60. The van der Waals surface area contributed by atoms with E-state index in [1.54, 1.807) is 52.0 Å². The SMILES string of the molecule is CC(NC(=O)c1cc(-c2nnc(C(C)(N)Cc3ccccc3)o2)cc(N(C)S(=O)(=O)C(C)C)c1)c1ccc(F)cc1. The largest absolute Gasteiger partial charge is 0.419 e. The predicted molar refractivity (Wildman–Crippen MR) is 156 cm³/mol. The topological polar surface area (TPSA) is 131 Å². The molecule has 2 atom stereocenters. The van der Waals surface area contributed by atoms with E-state index < -0.39 is 32.8 Å². The molecule has 9 nitrogen and oxygen atoms in total. The summed E-state index contributed by atoms with van der Waals surface area (Å²) in [6.45, 7) is 6.70. The number of nitrogens with two attached hydrogens (primary N) is 1. The molecule has 0 radical (unpaired) electrons. The first kappa shape index (κ1) is 29.9. The highest BCUT2D eigenvalue weighted by Crippen LogP contribution is 2.31. The van der Waals surface area contributed by atoms with Crippen LogP contribution in [-0.2, 0) is 22.0 Å². The molecule has 0 aliphatic carbocycles. The molecule has 0 fully saturated rings. The molecule has 216 valence electrons. The number of carbonyl (C=O) groups excluding carboxylic acids is 1. The van der Waals surface area contributed by atoms with E-state index >= 15 is 0 Å². The van der Waals surface area contributed by atoms with Crippen LogP contribution >= 0.6 is 0 Å². The number of rotatable bonds is 10. The third-order valence-electron chi connectivity index (χ3n) is 6.81. The van der Waals surface area contributed by atoms with Crippen LogP contribution in [0.1, 0.15) is 61.1 Å². The van der Waals surface area contributed by atoms with Gasteiger partial charge in [-0.25, -0.2) is 12.8 Å². The molecule has 0 aliphatic heterocycles. The number of nitrogens with one attached hydrogen (secondary N) is 1. The fourth-order valence-electron chi connectivity index (χ4n) is 4.29. The van der Waals surface area contributed by atoms with Crippen molar-refractivity contribution >= 4 is 21.6 Å². The predicted octanol–water partition coefficient (Wildman–Crippen LogP) is 4.96. The zero-order valence-electron chi connectivity index (χ0n) is 23.6. The van der Waals surface area contributed by atoms with Crippen LogP contribution in [-0.4, -0.2) is 36.8 Å². The summed E-state index contributed by atoms with van der Waals surface area (Å²) in [5, 5.41) is 10.5. The Morgan fingerprint density at radius 2 is 1.71 bits per heavy atom. The molecule has 3 N–H and O–H groups in total. The number of anilines is 1. The Morgan fingerprint density at radius 3 is 2.34 bits per heavy atom. The monoisotopic (exact) mass is 579 g/mol. The van der Waals surface area contributed by atoms with E-state index in [1.807, 2.05) is 30.3 Å². The summed E-state index contributed by atoms with van der Waals surface area (Å²) in [6.07, 6.45) is 0.444. The van der Waals surface area contributed by atoms with Gasteiger partial charge in [-0.15, -0.1) is 10.2 Å². The van der Waals surface area contributed by atoms with Gasteiger partial charge in [-0.3, -0.25) is 9.10 Å². The summed E-state index contributed by atoms with van der Waals surface area (Å²) in [5.41, 5.74) is 8.05. The van der Waals surface area contributed by atoms with Gasteiger partial charge in [0.1, 0.15) is 5.82 Å². The Balaban J connectivity index is 1.70. The van der Waals surface area contributed by atoms with E-state index in [-0.39, 0.29) is 28.8 Å². The van der Waals surface area contributed by atoms with E-state index in [0.717, 1.165) is 9.87 Å². The minimum Gasteiger partial charge on any atom is -0.419 e. The second-order valence-electron chi connectivity index (χ2n) is 10.6. The second-order valence-corrected chi connectivity index (χ2v) is 13.1. The van der Waals surface area contributed by atoms with E-state index in [0.29, 0.717) is 17.5 Å². The zero-order chi connectivity index (χ0) is 29.9. The van der Waals surface area contributed by atoms with Gasteiger partial charge < -0.3 is 15.5 Å². The molecule has 4 rings (SSSR count). The molecular weight excluding hydrogens is 545 g/mol. The third kappa shape index (κ3) is 6.80. The molecule has 0 spiro atoms. The molecule has 0 bridgehead atoms. The lowest BCUT2D eigenvalue weighted by Crippen LogP contribution is -2.35. The van der Waals surface area contributed by atoms with Crippen molar-refractivity contribution in [3.05, 3.63) is 101 Å². The fraction of sp³-hybridized carbons (Fsp3) is 0.300. The molecule has 0 saturated carbocycles. The van der Waals surface area contributed by atoms with Crippen molar-refractivity contribution in [1.29, 1.82) is 0 Å². The number of nitrogens with zero attached hydrogens (tertiary/aromatic N) is 3. The van der Waals surface area contributed by atoms with Crippen LogP contribution in [0.25, 0.3) is 11.5 Å². The first-order chi connectivity index (χ1) is 19.3. The second kappa shape index (κ2) is 11.8. The van der Waals surface area contributed by atoms with Gasteiger partial charge in [-0.2, -0.15) is 0 Å². The summed E-state index contributed by atoms with van der Waals surface area (Å²) < 4.78 is 46.5. The number of aromatic nitrogens is 2. The highest BCUT2D eigenvalue weighted by Gasteiger charge is 2.30. The molecule has 1 aromatic heterocycles. The maximum Gasteiger partial charge on any atom is 0.251 e. The quantitative estimate of drug-likeness (QED) is 0.272. The van der Waals surface area contributed by atoms with Gasteiger partial charge in [0.2, 0.25) is 21.8 Å². The minimum absolute atomic E-state index is 0.0857. The van der Waals surface area contributed by atoms with E-state index in [9.17, 15) is 17.6 Å². The van der Waals surface area contributed by atoms with Crippen molar-refractivity contribution in [3.8, 4) is 11.5 Å². The third-order valence-corrected chi connectivity index (χ3v) is 8.98. The molecule has 41 heavy (non-hydrogen) atoms. The lowest BCUT2D eigenvalue weighted by Gasteiger charge is -2.23. The van der Waals surface area contributed by atoms with Crippen LogP contribution in [0, 0.1) is 5.82 Å². The lowest BCUT2D eigenvalue weighted by molar-refractivity contribution is 0.0940. The van der Waals surface area contributed by atoms with Crippen molar-refractivity contribution < 1.29 is 22.0 Å². The number of sulfonamides is 1. The first-order valence-electron chi connectivity index (χ1n) is 13.1. The van der Waals surface area contributed by atoms with Crippen molar-refractivity contribution in [2.24, 2.45) is 5.73 Å². The standard InChI is InChI=1S/C30H34FN5O4S/c1-19(2)41(38,39)36(5)26-16-23(27(37)33-20(3)22-11-13-25(31)14-12-22)15-24(17-26)28-34-35-29(40-28)30(4,32)18-21-9-7-6-8-10-21/h6-17,19-20H,18,32H2,1-5H3,(H,33,37). The van der Waals surface area contributed by atoms with Crippen molar-refractivity contribution in [1.82, 2.24) is 15.5 Å². The summed E-state index contributed by atoms with van der Waals surface area (Å²) in [7, 11) is -2.29. The Labute approximate surface area is 239 Å². The Morgan fingerprint density at radius 1 is 1.05 bits per heavy atom. The van der Waals surface area contributed by atoms with Gasteiger partial charge in [0.05, 0.1) is 22.5 Å². The number of halogens is 1. The van der Waals surface area contributed by atoms with Crippen LogP contribution in [0.15, 0.2) is 77.2 Å². The summed E-state index contributed by atoms with van der Waals surface area (Å²) in [6, 6.07) is 19.6. The highest BCUT2D eigenvalue weighted by molar-refractivity contribution is 7.93. The van der Waals surface area contributed by atoms with E-state index in [1.165, 1.54) is 25.2 Å². The molecular formula is C30H34FN5O4S. The number of amides is 1. The average Bonchev–Trinajstić information content (AvgIpc) is 3.45. The average molecular weight is 580 g/mol. The Bertz CT molecular complexity index is 1620. The van der Waals surface area contributed by atoms with Crippen LogP contribution in [0.2, 0.25) is 0 Å².